The Morgan fingerprint density at radius 2 is 2.18 bits per heavy atom. The van der Waals surface area contributed by atoms with Crippen LogP contribution in [0.25, 0.3) is 10.4 Å². The molecule has 2 atom stereocenters. The van der Waals surface area contributed by atoms with E-state index in [0.29, 0.717) is 6.42 Å². The Kier molecular flexibility index (Phi) is 4.55. The van der Waals surface area contributed by atoms with E-state index in [-0.39, 0.29) is 12.5 Å². The SMILES string of the molecule is C=C(C)C1=C(CN=[N+]=[N-])C(O)C[C@H](C(=C)C)C1. The van der Waals surface area contributed by atoms with Gasteiger partial charge in [0.05, 0.1) is 12.6 Å². The molecule has 0 heterocycles. The van der Waals surface area contributed by atoms with Crippen molar-refractivity contribution >= 4 is 0 Å². The van der Waals surface area contributed by atoms with Crippen LogP contribution in [-0.2, 0) is 0 Å². The summed E-state index contributed by atoms with van der Waals surface area (Å²) >= 11 is 0. The summed E-state index contributed by atoms with van der Waals surface area (Å²) in [6, 6.07) is 0. The van der Waals surface area contributed by atoms with Crippen LogP contribution in [0.3, 0.4) is 0 Å². The van der Waals surface area contributed by atoms with E-state index in [1.807, 2.05) is 13.8 Å². The van der Waals surface area contributed by atoms with Crippen molar-refractivity contribution in [3.05, 3.63) is 45.9 Å². The number of hydrogen-bond donors (Lipinski definition) is 1. The lowest BCUT2D eigenvalue weighted by molar-refractivity contribution is 0.170. The highest BCUT2D eigenvalue weighted by Gasteiger charge is 2.27. The maximum atomic E-state index is 10.1. The van der Waals surface area contributed by atoms with E-state index in [1.54, 1.807) is 0 Å². The van der Waals surface area contributed by atoms with E-state index < -0.39 is 6.10 Å². The van der Waals surface area contributed by atoms with Crippen LogP contribution >= 0.6 is 0 Å². The van der Waals surface area contributed by atoms with E-state index in [1.165, 1.54) is 0 Å². The first kappa shape index (κ1) is 13.6. The fraction of sp³-hybridized carbons (Fsp3) is 0.538. The molecule has 0 amide bonds. The predicted molar refractivity (Wildman–Crippen MR) is 69.4 cm³/mol. The summed E-state index contributed by atoms with van der Waals surface area (Å²) in [7, 11) is 0. The molecule has 0 saturated heterocycles. The summed E-state index contributed by atoms with van der Waals surface area (Å²) in [4.78, 5) is 2.74. The molecule has 0 aromatic carbocycles. The average molecular weight is 233 g/mol. The lowest BCUT2D eigenvalue weighted by atomic mass is 9.77. The van der Waals surface area contributed by atoms with Gasteiger partial charge in [0.25, 0.3) is 0 Å². The van der Waals surface area contributed by atoms with Gasteiger partial charge in [-0.15, -0.1) is 0 Å². The summed E-state index contributed by atoms with van der Waals surface area (Å²) in [5.41, 5.74) is 12.2. The van der Waals surface area contributed by atoms with Gasteiger partial charge in [-0.3, -0.25) is 0 Å². The van der Waals surface area contributed by atoms with E-state index in [2.05, 4.69) is 23.2 Å². The summed E-state index contributed by atoms with van der Waals surface area (Å²) in [5.74, 6) is 0.284. The molecule has 0 bridgehead atoms. The minimum absolute atomic E-state index is 0.225. The van der Waals surface area contributed by atoms with Gasteiger partial charge < -0.3 is 5.11 Å². The van der Waals surface area contributed by atoms with Crippen LogP contribution in [0.5, 0.6) is 0 Å². The molecule has 0 aromatic rings. The standard InChI is InChI=1S/C13H19N3O/c1-8(2)10-5-11(9(3)4)12(7-15-16-14)13(17)6-10/h10,13,17H,1,3,5-7H2,2,4H3/t10-,13?/m1/s1. The number of azide groups is 1. The van der Waals surface area contributed by atoms with Crippen LogP contribution in [0.15, 0.2) is 40.6 Å². The quantitative estimate of drug-likeness (QED) is 0.343. The first-order chi connectivity index (χ1) is 7.97. The van der Waals surface area contributed by atoms with Crippen molar-refractivity contribution in [1.29, 1.82) is 0 Å². The van der Waals surface area contributed by atoms with Crippen LogP contribution in [0.2, 0.25) is 0 Å². The van der Waals surface area contributed by atoms with E-state index in [9.17, 15) is 5.11 Å². The molecule has 1 unspecified atom stereocenters. The van der Waals surface area contributed by atoms with E-state index in [0.717, 1.165) is 28.7 Å². The Bertz CT molecular complexity index is 416. The molecule has 17 heavy (non-hydrogen) atoms. The number of aliphatic hydroxyl groups excluding tert-OH is 1. The van der Waals surface area contributed by atoms with E-state index >= 15 is 0 Å². The third kappa shape index (κ3) is 3.22. The Hall–Kier alpha value is -1.51. The molecule has 0 fully saturated rings. The van der Waals surface area contributed by atoms with Crippen LogP contribution < -0.4 is 0 Å². The lowest BCUT2D eigenvalue weighted by Crippen LogP contribution is -2.26. The van der Waals surface area contributed by atoms with Crippen molar-refractivity contribution in [3.63, 3.8) is 0 Å². The van der Waals surface area contributed by atoms with E-state index in [4.69, 9.17) is 5.53 Å². The van der Waals surface area contributed by atoms with Gasteiger partial charge in [0.2, 0.25) is 0 Å². The molecular formula is C13H19N3O. The van der Waals surface area contributed by atoms with Gasteiger partial charge >= 0.3 is 0 Å². The lowest BCUT2D eigenvalue weighted by Gasteiger charge is -2.31. The minimum atomic E-state index is -0.553. The van der Waals surface area contributed by atoms with Crippen molar-refractivity contribution in [2.75, 3.05) is 6.54 Å². The largest absolute Gasteiger partial charge is 0.389 e. The summed E-state index contributed by atoms with van der Waals surface area (Å²) in [6.45, 7) is 12.0. The Balaban J connectivity index is 3.07. The second-order valence-electron chi connectivity index (χ2n) is 4.67. The van der Waals surface area contributed by atoms with Gasteiger partial charge in [-0.2, -0.15) is 0 Å². The van der Waals surface area contributed by atoms with Crippen molar-refractivity contribution in [3.8, 4) is 0 Å². The second kappa shape index (κ2) is 5.71. The maximum absolute atomic E-state index is 10.1. The molecule has 1 N–H and O–H groups in total. The van der Waals surface area contributed by atoms with Crippen molar-refractivity contribution < 1.29 is 5.11 Å². The zero-order valence-corrected chi connectivity index (χ0v) is 10.5. The van der Waals surface area contributed by atoms with Gasteiger partial charge in [0.1, 0.15) is 0 Å². The van der Waals surface area contributed by atoms with Gasteiger partial charge in [0, 0.05) is 4.91 Å². The van der Waals surface area contributed by atoms with Crippen molar-refractivity contribution in [1.82, 2.24) is 0 Å². The van der Waals surface area contributed by atoms with Crippen LogP contribution in [0, 0.1) is 5.92 Å². The molecule has 0 radical (unpaired) electrons. The maximum Gasteiger partial charge on any atom is 0.0763 e. The number of allylic oxidation sites excluding steroid dienone is 3. The predicted octanol–water partition coefficient (Wildman–Crippen LogP) is 3.52. The first-order valence-corrected chi connectivity index (χ1v) is 5.69. The smallest absolute Gasteiger partial charge is 0.0763 e. The Labute approximate surface area is 102 Å². The zero-order chi connectivity index (χ0) is 13.0. The van der Waals surface area contributed by atoms with Gasteiger partial charge in [-0.1, -0.05) is 29.4 Å². The highest BCUT2D eigenvalue weighted by molar-refractivity contribution is 5.38. The molecule has 0 aliphatic heterocycles. The normalized spacial score (nSPS) is 24.2. The average Bonchev–Trinajstić information content (AvgIpc) is 2.26. The molecule has 1 rings (SSSR count). The second-order valence-corrected chi connectivity index (χ2v) is 4.67. The highest BCUT2D eigenvalue weighted by Crippen LogP contribution is 2.36. The molecule has 0 spiro atoms. The number of nitrogens with zero attached hydrogens (tertiary/aromatic N) is 3. The molecule has 1 aliphatic rings. The third-order valence-corrected chi connectivity index (χ3v) is 3.26. The number of hydrogen-bond acceptors (Lipinski definition) is 2. The minimum Gasteiger partial charge on any atom is -0.389 e. The zero-order valence-electron chi connectivity index (χ0n) is 10.5. The fourth-order valence-electron chi connectivity index (χ4n) is 2.21. The molecule has 4 heteroatoms. The van der Waals surface area contributed by atoms with Gasteiger partial charge in [0.15, 0.2) is 0 Å². The van der Waals surface area contributed by atoms with Crippen LogP contribution in [-0.4, -0.2) is 17.8 Å². The number of rotatable bonds is 4. The molecule has 4 nitrogen and oxygen atoms in total. The van der Waals surface area contributed by atoms with Gasteiger partial charge in [-0.25, -0.2) is 0 Å². The fourth-order valence-corrected chi connectivity index (χ4v) is 2.21. The molecule has 1 aliphatic carbocycles. The number of aliphatic hydroxyl groups is 1. The molecular weight excluding hydrogens is 214 g/mol. The monoisotopic (exact) mass is 233 g/mol. The Morgan fingerprint density at radius 3 is 2.65 bits per heavy atom. The highest BCUT2D eigenvalue weighted by atomic mass is 16.3. The first-order valence-electron chi connectivity index (χ1n) is 5.69. The van der Waals surface area contributed by atoms with Gasteiger partial charge in [-0.05, 0) is 49.3 Å². The van der Waals surface area contributed by atoms with Crippen molar-refractivity contribution in [2.24, 2.45) is 11.0 Å². The third-order valence-electron chi connectivity index (χ3n) is 3.26. The molecule has 92 valence electrons. The summed E-state index contributed by atoms with van der Waals surface area (Å²) in [5, 5.41) is 13.7. The topological polar surface area (TPSA) is 69.0 Å². The summed E-state index contributed by atoms with van der Waals surface area (Å²) in [6.07, 6.45) is 0.933. The van der Waals surface area contributed by atoms with Crippen molar-refractivity contribution in [2.45, 2.75) is 32.8 Å². The summed E-state index contributed by atoms with van der Waals surface area (Å²) < 4.78 is 0. The molecule has 0 aromatic heterocycles. The Morgan fingerprint density at radius 1 is 1.53 bits per heavy atom. The molecule has 0 saturated carbocycles. The van der Waals surface area contributed by atoms with Crippen LogP contribution in [0.1, 0.15) is 26.7 Å². The van der Waals surface area contributed by atoms with Crippen LogP contribution in [0.4, 0.5) is 0 Å².